The molecule has 0 amide bonds. The van der Waals surface area contributed by atoms with Crippen molar-refractivity contribution in [1.29, 1.82) is 0 Å². The number of ether oxygens (including phenoxy) is 3. The van der Waals surface area contributed by atoms with E-state index in [1.165, 1.54) is 0 Å². The van der Waals surface area contributed by atoms with Gasteiger partial charge in [0.05, 0.1) is 18.9 Å². The molecule has 0 saturated carbocycles. The minimum absolute atomic E-state index is 0.112. The minimum Gasteiger partial charge on any atom is -0.462 e. The molecule has 11 heteroatoms. The lowest BCUT2D eigenvalue weighted by Crippen LogP contribution is -2.39. The van der Waals surface area contributed by atoms with Gasteiger partial charge >= 0.3 is 11.7 Å². The van der Waals surface area contributed by atoms with Crippen LogP contribution >= 0.6 is 11.6 Å². The van der Waals surface area contributed by atoms with Gasteiger partial charge < -0.3 is 19.9 Å². The Balaban J connectivity index is 1.74. The molecule has 3 N–H and O–H groups in total. The summed E-state index contributed by atoms with van der Waals surface area (Å²) in [6.45, 7) is 3.64. The van der Waals surface area contributed by atoms with E-state index in [1.54, 1.807) is 38.1 Å². The van der Waals surface area contributed by atoms with Crippen LogP contribution < -0.4 is 17.0 Å². The fourth-order valence-corrected chi connectivity index (χ4v) is 3.31. The van der Waals surface area contributed by atoms with Gasteiger partial charge in [-0.05, 0) is 23.6 Å². The van der Waals surface area contributed by atoms with E-state index in [4.69, 9.17) is 31.5 Å². The summed E-state index contributed by atoms with van der Waals surface area (Å²) in [5.74, 6) is -1.82. The molecule has 1 aliphatic rings. The number of hydrogen-bond acceptors (Lipinski definition) is 7. The number of esters is 1. The number of carbonyl (C=O) groups is 1. The monoisotopic (exact) mass is 469 g/mol. The number of halogens is 2. The molecular formula is C21H25ClFN3O6. The lowest BCUT2D eigenvalue weighted by molar-refractivity contribution is -0.154. The maximum atomic E-state index is 13.7. The van der Waals surface area contributed by atoms with Crippen molar-refractivity contribution in [1.82, 2.24) is 9.55 Å². The highest BCUT2D eigenvalue weighted by Gasteiger charge is 2.39. The van der Waals surface area contributed by atoms with Crippen molar-refractivity contribution in [3.63, 3.8) is 0 Å². The average Bonchev–Trinajstić information content (AvgIpc) is 3.16. The third kappa shape index (κ3) is 5.83. The summed E-state index contributed by atoms with van der Waals surface area (Å²) < 4.78 is 31.8. The molecule has 1 aromatic heterocycles. The number of benzene rings is 1. The second-order valence-corrected chi connectivity index (χ2v) is 8.32. The van der Waals surface area contributed by atoms with E-state index in [1.807, 2.05) is 4.98 Å². The summed E-state index contributed by atoms with van der Waals surface area (Å²) in [4.78, 5) is 37.5. The minimum atomic E-state index is -1.12. The molecule has 1 unspecified atom stereocenters. The van der Waals surface area contributed by atoms with E-state index in [9.17, 15) is 18.8 Å². The molecule has 4 atom stereocenters. The SMILES string of the molecule is CC(C)[C@H](N)C(=O)OC[C@@H]1O[C@H](n2cc(F)c(=O)[nH]c2=O)CC1OCc1ccc(Cl)cc1. The van der Waals surface area contributed by atoms with E-state index in [2.05, 4.69) is 0 Å². The summed E-state index contributed by atoms with van der Waals surface area (Å²) in [5.41, 5.74) is 4.73. The fraction of sp³-hybridized carbons (Fsp3) is 0.476. The molecule has 174 valence electrons. The zero-order chi connectivity index (χ0) is 23.4. The topological polar surface area (TPSA) is 126 Å². The maximum absolute atomic E-state index is 13.7. The molecule has 0 aliphatic carbocycles. The second kappa shape index (κ2) is 10.4. The normalized spacial score (nSPS) is 21.6. The Labute approximate surface area is 188 Å². The van der Waals surface area contributed by atoms with Gasteiger partial charge in [0, 0.05) is 11.4 Å². The van der Waals surface area contributed by atoms with E-state index in [0.717, 1.165) is 16.3 Å². The first-order valence-electron chi connectivity index (χ1n) is 10.1. The highest BCUT2D eigenvalue weighted by atomic mass is 35.5. The number of hydrogen-bond donors (Lipinski definition) is 2. The molecule has 0 radical (unpaired) electrons. The van der Waals surface area contributed by atoms with E-state index < -0.39 is 47.5 Å². The lowest BCUT2D eigenvalue weighted by atomic mass is 10.1. The molecule has 1 saturated heterocycles. The van der Waals surface area contributed by atoms with Crippen LogP contribution in [-0.2, 0) is 25.6 Å². The number of rotatable bonds is 8. The molecule has 1 aromatic carbocycles. The predicted octanol–water partition coefficient (Wildman–Crippen LogP) is 1.73. The van der Waals surface area contributed by atoms with E-state index in [-0.39, 0.29) is 25.6 Å². The van der Waals surface area contributed by atoms with Gasteiger partial charge in [-0.3, -0.25) is 19.1 Å². The van der Waals surface area contributed by atoms with Gasteiger partial charge in [0.25, 0.3) is 5.56 Å². The van der Waals surface area contributed by atoms with Crippen LogP contribution in [-0.4, -0.2) is 40.4 Å². The van der Waals surface area contributed by atoms with Crippen molar-refractivity contribution in [2.24, 2.45) is 11.7 Å². The van der Waals surface area contributed by atoms with Crippen molar-refractivity contribution < 1.29 is 23.4 Å². The van der Waals surface area contributed by atoms with Crippen LogP contribution in [0.3, 0.4) is 0 Å². The van der Waals surface area contributed by atoms with Gasteiger partial charge in [0.1, 0.15) is 25.0 Å². The number of nitrogens with two attached hydrogens (primary N) is 1. The number of aromatic amines is 1. The van der Waals surface area contributed by atoms with Crippen LogP contribution in [0.15, 0.2) is 40.1 Å². The summed E-state index contributed by atoms with van der Waals surface area (Å²) in [5, 5.41) is 0.587. The summed E-state index contributed by atoms with van der Waals surface area (Å²) >= 11 is 5.90. The standard InChI is InChI=1S/C21H25ClFN3O6/c1-11(2)18(24)20(28)31-10-16-15(30-9-12-3-5-13(22)6-4-12)7-17(32-16)26-8-14(23)19(27)25-21(26)29/h3-6,8,11,15-18H,7,9-10,24H2,1-2H3,(H,25,27,29)/t15?,16-,17-,18-/m0/s1. The van der Waals surface area contributed by atoms with E-state index in [0.29, 0.717) is 5.02 Å². The van der Waals surface area contributed by atoms with Crippen molar-refractivity contribution in [3.8, 4) is 0 Å². The number of nitrogens with zero attached hydrogens (tertiary/aromatic N) is 1. The van der Waals surface area contributed by atoms with Crippen LogP contribution in [0.5, 0.6) is 0 Å². The Morgan fingerprint density at radius 2 is 2.03 bits per heavy atom. The van der Waals surface area contributed by atoms with Crippen LogP contribution in [0.2, 0.25) is 5.02 Å². The summed E-state index contributed by atoms with van der Waals surface area (Å²) in [6.07, 6.45) is -1.30. The molecule has 2 heterocycles. The van der Waals surface area contributed by atoms with Crippen LogP contribution in [0.4, 0.5) is 4.39 Å². The van der Waals surface area contributed by atoms with Gasteiger partial charge in [-0.1, -0.05) is 37.6 Å². The largest absolute Gasteiger partial charge is 0.462 e. The Hall–Kier alpha value is -2.53. The van der Waals surface area contributed by atoms with Gasteiger partial charge in [0.15, 0.2) is 0 Å². The van der Waals surface area contributed by atoms with Gasteiger partial charge in [-0.2, -0.15) is 4.39 Å². The quantitative estimate of drug-likeness (QED) is 0.564. The highest BCUT2D eigenvalue weighted by Crippen LogP contribution is 2.31. The summed E-state index contributed by atoms with van der Waals surface area (Å²) in [7, 11) is 0. The molecule has 32 heavy (non-hydrogen) atoms. The number of carbonyl (C=O) groups excluding carboxylic acids is 1. The zero-order valence-corrected chi connectivity index (χ0v) is 18.4. The van der Waals surface area contributed by atoms with Gasteiger partial charge in [-0.15, -0.1) is 0 Å². The Morgan fingerprint density at radius 3 is 2.69 bits per heavy atom. The highest BCUT2D eigenvalue weighted by molar-refractivity contribution is 6.30. The Kier molecular flexibility index (Phi) is 7.83. The molecular weight excluding hydrogens is 445 g/mol. The smallest absolute Gasteiger partial charge is 0.330 e. The Bertz CT molecular complexity index is 1050. The van der Waals surface area contributed by atoms with Crippen molar-refractivity contribution >= 4 is 17.6 Å². The molecule has 2 aromatic rings. The molecule has 0 bridgehead atoms. The maximum Gasteiger partial charge on any atom is 0.330 e. The number of nitrogens with one attached hydrogen (secondary N) is 1. The number of H-pyrrole nitrogens is 1. The second-order valence-electron chi connectivity index (χ2n) is 7.88. The first-order chi connectivity index (χ1) is 15.2. The first kappa shape index (κ1) is 24.1. The zero-order valence-electron chi connectivity index (χ0n) is 17.6. The van der Waals surface area contributed by atoms with Crippen molar-refractivity contribution in [2.45, 2.75) is 51.4 Å². The fourth-order valence-electron chi connectivity index (χ4n) is 3.19. The molecule has 3 rings (SSSR count). The summed E-state index contributed by atoms with van der Waals surface area (Å²) in [6, 6.07) is 6.26. The third-order valence-electron chi connectivity index (χ3n) is 5.17. The molecule has 9 nitrogen and oxygen atoms in total. The van der Waals surface area contributed by atoms with Crippen molar-refractivity contribution in [3.05, 3.63) is 67.7 Å². The van der Waals surface area contributed by atoms with Gasteiger partial charge in [0.2, 0.25) is 5.82 Å². The molecule has 0 spiro atoms. The first-order valence-corrected chi connectivity index (χ1v) is 10.5. The molecule has 1 fully saturated rings. The Morgan fingerprint density at radius 1 is 1.34 bits per heavy atom. The number of aromatic nitrogens is 2. The van der Waals surface area contributed by atoms with Crippen LogP contribution in [0.25, 0.3) is 0 Å². The lowest BCUT2D eigenvalue weighted by Gasteiger charge is -2.21. The van der Waals surface area contributed by atoms with Gasteiger partial charge in [-0.25, -0.2) is 4.79 Å². The molecule has 1 aliphatic heterocycles. The third-order valence-corrected chi connectivity index (χ3v) is 5.42. The van der Waals surface area contributed by atoms with Crippen LogP contribution in [0, 0.1) is 11.7 Å². The van der Waals surface area contributed by atoms with Crippen LogP contribution in [0.1, 0.15) is 32.1 Å². The predicted molar refractivity (Wildman–Crippen MR) is 114 cm³/mol. The van der Waals surface area contributed by atoms with E-state index >= 15 is 0 Å². The average molecular weight is 470 g/mol. The van der Waals surface area contributed by atoms with Crippen molar-refractivity contribution in [2.75, 3.05) is 6.61 Å².